The topological polar surface area (TPSA) is 54.0 Å². The smallest absolute Gasteiger partial charge is 0.224 e. The van der Waals surface area contributed by atoms with Gasteiger partial charge < -0.3 is 14.4 Å². The van der Waals surface area contributed by atoms with Gasteiger partial charge in [0.1, 0.15) is 18.0 Å². The molecule has 4 rings (SSSR count). The standard InChI is InChI=1S/C20H25F2N5O2/c21-16-1-2-18(17(22)13-16)29-20-14-19(23-15-24-20)27-7-5-25(6-8-27)3-4-26-9-11-28-12-10-26/h1-2,13-15H,3-12H2. The third kappa shape index (κ3) is 5.37. The van der Waals surface area contributed by atoms with Crippen LogP contribution in [-0.2, 0) is 4.74 Å². The highest BCUT2D eigenvalue weighted by molar-refractivity contribution is 5.42. The summed E-state index contributed by atoms with van der Waals surface area (Å²) < 4.78 is 37.7. The minimum absolute atomic E-state index is 0.0658. The normalized spacial score (nSPS) is 18.8. The molecule has 1 aromatic heterocycles. The van der Waals surface area contributed by atoms with E-state index >= 15 is 0 Å². The number of morpholine rings is 1. The Kier molecular flexibility index (Phi) is 6.48. The van der Waals surface area contributed by atoms with E-state index in [9.17, 15) is 8.78 Å². The van der Waals surface area contributed by atoms with Crippen molar-refractivity contribution in [1.29, 1.82) is 0 Å². The van der Waals surface area contributed by atoms with Crippen molar-refractivity contribution in [2.75, 3.05) is 70.5 Å². The first-order valence-electron chi connectivity index (χ1n) is 9.90. The number of aromatic nitrogens is 2. The van der Waals surface area contributed by atoms with E-state index in [1.165, 1.54) is 12.4 Å². The minimum Gasteiger partial charge on any atom is -0.436 e. The summed E-state index contributed by atoms with van der Waals surface area (Å²) >= 11 is 0. The molecule has 0 spiro atoms. The number of ether oxygens (including phenoxy) is 2. The molecule has 0 unspecified atom stereocenters. The van der Waals surface area contributed by atoms with Crippen LogP contribution in [-0.4, -0.2) is 85.3 Å². The molecule has 2 saturated heterocycles. The van der Waals surface area contributed by atoms with Crippen molar-refractivity contribution in [1.82, 2.24) is 19.8 Å². The quantitative estimate of drug-likeness (QED) is 0.729. The third-order valence-electron chi connectivity index (χ3n) is 5.27. The maximum Gasteiger partial charge on any atom is 0.224 e. The molecule has 3 heterocycles. The number of rotatable bonds is 6. The van der Waals surface area contributed by atoms with Crippen LogP contribution in [0.2, 0.25) is 0 Å². The first-order chi connectivity index (χ1) is 14.2. The summed E-state index contributed by atoms with van der Waals surface area (Å²) in [5.41, 5.74) is 0. The number of halogens is 2. The van der Waals surface area contributed by atoms with Crippen LogP contribution in [0, 0.1) is 11.6 Å². The van der Waals surface area contributed by atoms with E-state index in [-0.39, 0.29) is 11.6 Å². The Balaban J connectivity index is 1.30. The van der Waals surface area contributed by atoms with Crippen LogP contribution >= 0.6 is 0 Å². The maximum atomic E-state index is 13.8. The highest BCUT2D eigenvalue weighted by Gasteiger charge is 2.20. The lowest BCUT2D eigenvalue weighted by Gasteiger charge is -2.36. The second kappa shape index (κ2) is 9.43. The molecule has 0 bridgehead atoms. The van der Waals surface area contributed by atoms with E-state index < -0.39 is 11.6 Å². The number of anilines is 1. The lowest BCUT2D eigenvalue weighted by atomic mass is 10.3. The lowest BCUT2D eigenvalue weighted by Crippen LogP contribution is -2.49. The Morgan fingerprint density at radius 3 is 2.34 bits per heavy atom. The summed E-state index contributed by atoms with van der Waals surface area (Å²) in [5, 5.41) is 0. The van der Waals surface area contributed by atoms with Gasteiger partial charge in [-0.1, -0.05) is 0 Å². The minimum atomic E-state index is -0.765. The van der Waals surface area contributed by atoms with E-state index in [1.54, 1.807) is 6.07 Å². The van der Waals surface area contributed by atoms with Gasteiger partial charge >= 0.3 is 0 Å². The predicted molar refractivity (Wildman–Crippen MR) is 104 cm³/mol. The molecule has 0 atom stereocenters. The summed E-state index contributed by atoms with van der Waals surface area (Å²) in [7, 11) is 0. The fraction of sp³-hybridized carbons (Fsp3) is 0.500. The summed E-state index contributed by atoms with van der Waals surface area (Å²) in [6.45, 7) is 9.41. The summed E-state index contributed by atoms with van der Waals surface area (Å²) in [5.74, 6) is -0.506. The highest BCUT2D eigenvalue weighted by atomic mass is 19.1. The van der Waals surface area contributed by atoms with E-state index in [0.717, 1.165) is 83.5 Å². The molecule has 2 aliphatic heterocycles. The van der Waals surface area contributed by atoms with Crippen LogP contribution in [0.5, 0.6) is 11.6 Å². The Morgan fingerprint density at radius 1 is 0.897 bits per heavy atom. The van der Waals surface area contributed by atoms with Gasteiger partial charge in [-0.25, -0.2) is 18.7 Å². The van der Waals surface area contributed by atoms with Crippen LogP contribution in [0.15, 0.2) is 30.6 Å². The SMILES string of the molecule is Fc1ccc(Oc2cc(N3CCN(CCN4CCOCC4)CC3)ncn2)c(F)c1. The third-order valence-corrected chi connectivity index (χ3v) is 5.27. The molecule has 9 heteroatoms. The van der Waals surface area contributed by atoms with Gasteiger partial charge in [-0.3, -0.25) is 9.80 Å². The first-order valence-corrected chi connectivity index (χ1v) is 9.90. The van der Waals surface area contributed by atoms with Crippen LogP contribution in [0.1, 0.15) is 0 Å². The molecule has 29 heavy (non-hydrogen) atoms. The van der Waals surface area contributed by atoms with Gasteiger partial charge in [-0.05, 0) is 12.1 Å². The molecule has 2 aliphatic rings. The predicted octanol–water partition coefficient (Wildman–Crippen LogP) is 2.00. The molecule has 0 amide bonds. The maximum absolute atomic E-state index is 13.8. The summed E-state index contributed by atoms with van der Waals surface area (Å²) in [4.78, 5) is 15.4. The lowest BCUT2D eigenvalue weighted by molar-refractivity contribution is 0.0331. The Hall–Kier alpha value is -2.36. The fourth-order valence-electron chi connectivity index (χ4n) is 3.54. The van der Waals surface area contributed by atoms with Crippen LogP contribution < -0.4 is 9.64 Å². The first kappa shape index (κ1) is 19.9. The molecule has 7 nitrogen and oxygen atoms in total. The van der Waals surface area contributed by atoms with E-state index in [0.29, 0.717) is 0 Å². The van der Waals surface area contributed by atoms with Crippen molar-refractivity contribution in [3.63, 3.8) is 0 Å². The Morgan fingerprint density at radius 2 is 1.62 bits per heavy atom. The molecule has 0 radical (unpaired) electrons. The van der Waals surface area contributed by atoms with Gasteiger partial charge in [-0.2, -0.15) is 0 Å². The summed E-state index contributed by atoms with van der Waals surface area (Å²) in [6.07, 6.45) is 1.40. The van der Waals surface area contributed by atoms with Crippen LogP contribution in [0.25, 0.3) is 0 Å². The second-order valence-electron chi connectivity index (χ2n) is 7.17. The molecular formula is C20H25F2N5O2. The average Bonchev–Trinajstić information content (AvgIpc) is 2.76. The van der Waals surface area contributed by atoms with Crippen LogP contribution in [0.3, 0.4) is 0 Å². The van der Waals surface area contributed by atoms with Gasteiger partial charge in [0.2, 0.25) is 5.88 Å². The molecule has 2 fully saturated rings. The van der Waals surface area contributed by atoms with Gasteiger partial charge in [0.15, 0.2) is 11.6 Å². The largest absolute Gasteiger partial charge is 0.436 e. The Bertz CT molecular complexity index is 811. The van der Waals surface area contributed by atoms with E-state index in [4.69, 9.17) is 9.47 Å². The molecular weight excluding hydrogens is 380 g/mol. The molecule has 156 valence electrons. The zero-order valence-electron chi connectivity index (χ0n) is 16.3. The number of nitrogens with zero attached hydrogens (tertiary/aromatic N) is 5. The molecule has 2 aromatic rings. The number of hydrogen-bond acceptors (Lipinski definition) is 7. The zero-order valence-corrected chi connectivity index (χ0v) is 16.3. The summed E-state index contributed by atoms with van der Waals surface area (Å²) in [6, 6.07) is 4.87. The highest BCUT2D eigenvalue weighted by Crippen LogP contribution is 2.25. The van der Waals surface area contributed by atoms with Gasteiger partial charge in [0.25, 0.3) is 0 Å². The van der Waals surface area contributed by atoms with Crippen molar-refractivity contribution < 1.29 is 18.3 Å². The fourth-order valence-corrected chi connectivity index (χ4v) is 3.54. The van der Waals surface area contributed by atoms with Crippen molar-refractivity contribution in [2.24, 2.45) is 0 Å². The Labute approximate surface area is 168 Å². The zero-order chi connectivity index (χ0) is 20.1. The number of piperazine rings is 1. The monoisotopic (exact) mass is 405 g/mol. The van der Waals surface area contributed by atoms with Crippen molar-refractivity contribution in [3.05, 3.63) is 42.2 Å². The van der Waals surface area contributed by atoms with Gasteiger partial charge in [0.05, 0.1) is 13.2 Å². The average molecular weight is 405 g/mol. The number of hydrogen-bond donors (Lipinski definition) is 0. The molecule has 0 saturated carbocycles. The molecule has 0 N–H and O–H groups in total. The van der Waals surface area contributed by atoms with Gasteiger partial charge in [-0.15, -0.1) is 0 Å². The number of benzene rings is 1. The van der Waals surface area contributed by atoms with Crippen LogP contribution in [0.4, 0.5) is 14.6 Å². The van der Waals surface area contributed by atoms with Crippen molar-refractivity contribution in [2.45, 2.75) is 0 Å². The second-order valence-corrected chi connectivity index (χ2v) is 7.17. The molecule has 0 aliphatic carbocycles. The van der Waals surface area contributed by atoms with E-state index in [1.807, 2.05) is 0 Å². The van der Waals surface area contributed by atoms with Crippen molar-refractivity contribution in [3.8, 4) is 11.6 Å². The van der Waals surface area contributed by atoms with E-state index in [2.05, 4.69) is 24.7 Å². The van der Waals surface area contributed by atoms with Crippen molar-refractivity contribution >= 4 is 5.82 Å². The molecule has 1 aromatic carbocycles. The van der Waals surface area contributed by atoms with Gasteiger partial charge in [0, 0.05) is 64.5 Å².